The van der Waals surface area contributed by atoms with Gasteiger partial charge in [0, 0.05) is 11.4 Å². The van der Waals surface area contributed by atoms with Crippen molar-refractivity contribution in [2.45, 2.75) is 31.7 Å². The molecular formula is C26H27N3O7S2. The summed E-state index contributed by atoms with van der Waals surface area (Å²) in [4.78, 5) is 40.6. The molecule has 0 atom stereocenters. The molecule has 0 radical (unpaired) electrons. The second-order valence-electron chi connectivity index (χ2n) is 8.49. The zero-order valence-corrected chi connectivity index (χ0v) is 22.7. The third-order valence-corrected chi connectivity index (χ3v) is 8.46. The van der Waals surface area contributed by atoms with Gasteiger partial charge in [0.25, 0.3) is 15.9 Å². The van der Waals surface area contributed by atoms with Gasteiger partial charge in [-0.05, 0) is 50.1 Å². The maximum atomic E-state index is 13.4. The monoisotopic (exact) mass is 557 g/mol. The molecule has 3 aromatic rings. The number of anilines is 2. The first-order valence-corrected chi connectivity index (χ1v) is 14.1. The Morgan fingerprint density at radius 1 is 1.08 bits per heavy atom. The number of aryl methyl sites for hydroxylation is 1. The molecule has 2 N–H and O–H groups in total. The predicted molar refractivity (Wildman–Crippen MR) is 143 cm³/mol. The fourth-order valence-electron chi connectivity index (χ4n) is 4.04. The summed E-state index contributed by atoms with van der Waals surface area (Å²) in [6.45, 7) is 4.40. The molecule has 0 unspecified atom stereocenters. The second kappa shape index (κ2) is 11.2. The van der Waals surface area contributed by atoms with E-state index >= 15 is 0 Å². The van der Waals surface area contributed by atoms with Crippen LogP contribution in [0.3, 0.4) is 0 Å². The number of carbonyl (C=O) groups excluding carboxylic acids is 3. The van der Waals surface area contributed by atoms with Crippen LogP contribution in [-0.4, -0.2) is 51.5 Å². The molecule has 2 amide bonds. The lowest BCUT2D eigenvalue weighted by Gasteiger charge is -2.26. The van der Waals surface area contributed by atoms with Crippen LogP contribution < -0.4 is 10.0 Å². The van der Waals surface area contributed by atoms with Crippen molar-refractivity contribution >= 4 is 50.0 Å². The number of esters is 1. The molecule has 0 fully saturated rings. The van der Waals surface area contributed by atoms with Crippen LogP contribution in [0.15, 0.2) is 53.4 Å². The first-order valence-electron chi connectivity index (χ1n) is 11.8. The molecule has 0 aliphatic carbocycles. The summed E-state index contributed by atoms with van der Waals surface area (Å²) in [7, 11) is -2.71. The van der Waals surface area contributed by atoms with E-state index in [1.165, 1.54) is 36.3 Å². The fraction of sp³-hybridized carbons (Fsp3) is 0.269. The third kappa shape index (κ3) is 5.65. The van der Waals surface area contributed by atoms with E-state index in [4.69, 9.17) is 9.47 Å². The van der Waals surface area contributed by atoms with Gasteiger partial charge in [-0.2, -0.15) is 0 Å². The van der Waals surface area contributed by atoms with Gasteiger partial charge in [-0.1, -0.05) is 29.8 Å². The molecule has 0 saturated heterocycles. The van der Waals surface area contributed by atoms with Gasteiger partial charge in [0.1, 0.15) is 5.00 Å². The van der Waals surface area contributed by atoms with Gasteiger partial charge >= 0.3 is 12.1 Å². The second-order valence-corrected chi connectivity index (χ2v) is 11.3. The van der Waals surface area contributed by atoms with E-state index in [1.807, 2.05) is 6.92 Å². The van der Waals surface area contributed by atoms with Crippen LogP contribution in [0, 0.1) is 6.92 Å². The van der Waals surface area contributed by atoms with Crippen molar-refractivity contribution in [3.05, 3.63) is 75.7 Å². The topological polar surface area (TPSA) is 131 Å². The Bertz CT molecular complexity index is 1480. The van der Waals surface area contributed by atoms with E-state index in [0.29, 0.717) is 18.5 Å². The van der Waals surface area contributed by atoms with Gasteiger partial charge in [0.15, 0.2) is 0 Å². The average Bonchev–Trinajstić information content (AvgIpc) is 3.25. The Kier molecular flexibility index (Phi) is 8.02. The van der Waals surface area contributed by atoms with E-state index in [9.17, 15) is 22.8 Å². The number of benzene rings is 2. The number of thiophene rings is 1. The van der Waals surface area contributed by atoms with Gasteiger partial charge in [0.2, 0.25) is 0 Å². The number of nitrogens with one attached hydrogen (secondary N) is 2. The lowest BCUT2D eigenvalue weighted by atomic mass is 10.0. The Morgan fingerprint density at radius 3 is 2.47 bits per heavy atom. The van der Waals surface area contributed by atoms with Crippen molar-refractivity contribution in [3.63, 3.8) is 0 Å². The molecule has 0 saturated carbocycles. The molecule has 12 heteroatoms. The number of ether oxygens (including phenoxy) is 2. The number of carbonyl (C=O) groups is 3. The van der Waals surface area contributed by atoms with Crippen molar-refractivity contribution < 1.29 is 32.3 Å². The lowest BCUT2D eigenvalue weighted by molar-refractivity contribution is 0.0600. The quantitative estimate of drug-likeness (QED) is 0.412. The average molecular weight is 558 g/mol. The number of fused-ring (bicyclic) bond motifs is 1. The Hall–Kier alpha value is -3.90. The van der Waals surface area contributed by atoms with E-state index in [-0.39, 0.29) is 39.9 Å². The zero-order chi connectivity index (χ0) is 27.4. The molecule has 10 nitrogen and oxygen atoms in total. The largest absolute Gasteiger partial charge is 0.465 e. The Morgan fingerprint density at radius 2 is 1.79 bits per heavy atom. The van der Waals surface area contributed by atoms with Crippen LogP contribution in [-0.2, 0) is 32.5 Å². The summed E-state index contributed by atoms with van der Waals surface area (Å²) in [6, 6.07) is 12.5. The van der Waals surface area contributed by atoms with Crippen molar-refractivity contribution in [2.24, 2.45) is 0 Å². The number of nitrogens with zero attached hydrogens (tertiary/aromatic N) is 1. The molecule has 0 spiro atoms. The highest BCUT2D eigenvalue weighted by Gasteiger charge is 2.31. The van der Waals surface area contributed by atoms with Gasteiger partial charge < -0.3 is 19.7 Å². The highest BCUT2D eigenvalue weighted by molar-refractivity contribution is 7.92. The number of rotatable bonds is 7. The van der Waals surface area contributed by atoms with E-state index in [1.54, 1.807) is 31.2 Å². The molecule has 38 heavy (non-hydrogen) atoms. The highest BCUT2D eigenvalue weighted by Crippen LogP contribution is 2.38. The summed E-state index contributed by atoms with van der Waals surface area (Å²) >= 11 is 1.16. The summed E-state index contributed by atoms with van der Waals surface area (Å²) in [6.07, 6.45) is -0.0655. The molecule has 2 aromatic carbocycles. The van der Waals surface area contributed by atoms with Crippen LogP contribution >= 0.6 is 11.3 Å². The number of methoxy groups -OCH3 is 1. The highest BCUT2D eigenvalue weighted by atomic mass is 32.2. The van der Waals surface area contributed by atoms with E-state index < -0.39 is 28.0 Å². The summed E-state index contributed by atoms with van der Waals surface area (Å²) in [5.41, 5.74) is 1.99. The van der Waals surface area contributed by atoms with E-state index in [2.05, 4.69) is 10.0 Å². The van der Waals surface area contributed by atoms with Gasteiger partial charge in [-0.3, -0.25) is 9.52 Å². The standard InChI is InChI=1S/C26H27N3O7S2/c1-4-36-26(32)29-14-13-19-21(15-29)37-24(22(19)25(31)35-3)27-23(30)18-7-5-6-8-20(18)28-38(33,34)17-11-9-16(2)10-12-17/h5-12,28H,4,13-15H2,1-3H3,(H,27,30). The lowest BCUT2D eigenvalue weighted by Crippen LogP contribution is -2.36. The SMILES string of the molecule is CCOC(=O)N1CCc2c(sc(NC(=O)c3ccccc3NS(=O)(=O)c3ccc(C)cc3)c2C(=O)OC)C1. The molecular weight excluding hydrogens is 530 g/mol. The molecule has 1 aromatic heterocycles. The number of sulfonamides is 1. The van der Waals surface area contributed by atoms with Crippen LogP contribution in [0.1, 0.15) is 43.6 Å². The molecule has 1 aliphatic rings. The zero-order valence-electron chi connectivity index (χ0n) is 21.1. The normalized spacial score (nSPS) is 12.9. The number of hydrogen-bond acceptors (Lipinski definition) is 8. The van der Waals surface area contributed by atoms with Crippen molar-refractivity contribution in [3.8, 4) is 0 Å². The van der Waals surface area contributed by atoms with Gasteiger partial charge in [0.05, 0.1) is 42.0 Å². The number of amides is 2. The smallest absolute Gasteiger partial charge is 0.410 e. The summed E-state index contributed by atoms with van der Waals surface area (Å²) < 4.78 is 38.4. The molecule has 0 bridgehead atoms. The van der Waals surface area contributed by atoms with Crippen LogP contribution in [0.4, 0.5) is 15.5 Å². The summed E-state index contributed by atoms with van der Waals surface area (Å²) in [5.74, 6) is -1.23. The molecule has 1 aliphatic heterocycles. The first-order chi connectivity index (χ1) is 18.1. The minimum absolute atomic E-state index is 0.0587. The Labute approximate surface area is 224 Å². The van der Waals surface area contributed by atoms with Crippen LogP contribution in [0.25, 0.3) is 0 Å². The minimum Gasteiger partial charge on any atom is -0.465 e. The molecule has 200 valence electrons. The van der Waals surface area contributed by atoms with Crippen molar-refractivity contribution in [1.82, 2.24) is 4.90 Å². The van der Waals surface area contributed by atoms with Gasteiger partial charge in [-0.15, -0.1) is 11.3 Å². The summed E-state index contributed by atoms with van der Waals surface area (Å²) in [5, 5.41) is 3.01. The van der Waals surface area contributed by atoms with Gasteiger partial charge in [-0.25, -0.2) is 18.0 Å². The fourth-order valence-corrected chi connectivity index (χ4v) is 6.37. The third-order valence-electron chi connectivity index (χ3n) is 5.95. The Balaban J connectivity index is 1.62. The number of hydrogen-bond donors (Lipinski definition) is 2. The first kappa shape index (κ1) is 27.1. The van der Waals surface area contributed by atoms with Crippen LogP contribution in [0.2, 0.25) is 0 Å². The maximum Gasteiger partial charge on any atom is 0.410 e. The van der Waals surface area contributed by atoms with Crippen molar-refractivity contribution in [1.29, 1.82) is 0 Å². The predicted octanol–water partition coefficient (Wildman–Crippen LogP) is 4.41. The maximum absolute atomic E-state index is 13.4. The molecule has 4 rings (SSSR count). The number of para-hydroxylation sites is 1. The van der Waals surface area contributed by atoms with Crippen LogP contribution in [0.5, 0.6) is 0 Å². The minimum atomic E-state index is -3.96. The molecule has 2 heterocycles. The van der Waals surface area contributed by atoms with Crippen molar-refractivity contribution in [2.75, 3.05) is 30.3 Å². The van der Waals surface area contributed by atoms with E-state index in [0.717, 1.165) is 21.8 Å².